The number of fused-ring (bicyclic) bond motifs is 4. The number of benzene rings is 4. The zero-order chi connectivity index (χ0) is 20.6. The van der Waals surface area contributed by atoms with E-state index in [4.69, 9.17) is 8.37 Å². The van der Waals surface area contributed by atoms with E-state index in [-0.39, 0.29) is 0 Å². The average Bonchev–Trinajstić information content (AvgIpc) is 2.82. The second kappa shape index (κ2) is 8.64. The van der Waals surface area contributed by atoms with Gasteiger partial charge in [-0.3, -0.25) is 0 Å². The van der Waals surface area contributed by atoms with E-state index in [1.807, 2.05) is 24.3 Å². The van der Waals surface area contributed by atoms with Gasteiger partial charge in [0.15, 0.2) is 11.5 Å². The topological polar surface area (TPSA) is 18.5 Å². The fraction of sp³-hybridized carbons (Fsp3) is 0. The van der Waals surface area contributed by atoms with Gasteiger partial charge in [-0.25, -0.2) is 0 Å². The third-order valence-electron chi connectivity index (χ3n) is 4.70. The standard InChI is InChI=1S/C24H14O2S5/c1-3-11-19-17(9-1)27-21-13-5-7-15(23(21)29-19)25-31-26-16-8-6-14-22-24(16)30-20-12-4-2-10-18(20)28-22/h1-14H. The van der Waals surface area contributed by atoms with Gasteiger partial charge in [-0.1, -0.05) is 83.4 Å². The molecule has 0 amide bonds. The van der Waals surface area contributed by atoms with Crippen LogP contribution in [-0.4, -0.2) is 0 Å². The van der Waals surface area contributed by atoms with Crippen LogP contribution in [-0.2, 0) is 0 Å². The van der Waals surface area contributed by atoms with E-state index in [2.05, 4.69) is 60.7 Å². The van der Waals surface area contributed by atoms with E-state index in [1.54, 1.807) is 47.0 Å². The Morgan fingerprint density at radius 3 is 1.26 bits per heavy atom. The van der Waals surface area contributed by atoms with Crippen LogP contribution in [0.2, 0.25) is 0 Å². The van der Waals surface area contributed by atoms with E-state index >= 15 is 0 Å². The van der Waals surface area contributed by atoms with E-state index in [9.17, 15) is 0 Å². The van der Waals surface area contributed by atoms with Crippen molar-refractivity contribution >= 4 is 59.4 Å². The van der Waals surface area contributed by atoms with Crippen LogP contribution >= 0.6 is 59.4 Å². The summed E-state index contributed by atoms with van der Waals surface area (Å²) in [5, 5.41) is 0. The second-order valence-electron chi connectivity index (χ2n) is 6.70. The molecule has 0 aliphatic carbocycles. The Bertz CT molecular complexity index is 1190. The van der Waals surface area contributed by atoms with Gasteiger partial charge in [0.25, 0.3) is 12.3 Å². The zero-order valence-electron chi connectivity index (χ0n) is 15.9. The van der Waals surface area contributed by atoms with Crippen molar-refractivity contribution in [3.63, 3.8) is 0 Å². The van der Waals surface area contributed by atoms with Crippen molar-refractivity contribution in [1.82, 2.24) is 0 Å². The summed E-state index contributed by atoms with van der Waals surface area (Å²) in [6.07, 6.45) is 0. The highest BCUT2D eigenvalue weighted by Crippen LogP contribution is 2.53. The first-order valence-corrected chi connectivity index (χ1v) is 13.4. The molecule has 7 heteroatoms. The normalized spacial score (nSPS) is 13.4. The Labute approximate surface area is 202 Å². The third-order valence-corrected chi connectivity index (χ3v) is 10.4. The Hall–Kier alpha value is -1.77. The lowest BCUT2D eigenvalue weighted by molar-refractivity contribution is 0.522. The van der Waals surface area contributed by atoms with Crippen LogP contribution in [0.4, 0.5) is 0 Å². The Morgan fingerprint density at radius 1 is 0.419 bits per heavy atom. The molecule has 0 N–H and O–H groups in total. The molecule has 2 heterocycles. The predicted molar refractivity (Wildman–Crippen MR) is 131 cm³/mol. The van der Waals surface area contributed by atoms with Crippen molar-refractivity contribution in [3.05, 3.63) is 84.9 Å². The van der Waals surface area contributed by atoms with Crippen LogP contribution in [0, 0.1) is 0 Å². The SMILES string of the molecule is c1ccc2c(c1)Sc1cccc(OSOc3cccc4c3Sc3ccccc3S4)c1S2. The molecule has 0 spiro atoms. The van der Waals surface area contributed by atoms with E-state index in [0.29, 0.717) is 0 Å². The lowest BCUT2D eigenvalue weighted by atomic mass is 10.3. The molecule has 6 rings (SSSR count). The van der Waals surface area contributed by atoms with Crippen LogP contribution < -0.4 is 8.37 Å². The summed E-state index contributed by atoms with van der Waals surface area (Å²) < 4.78 is 12.1. The number of rotatable bonds is 4. The first kappa shape index (κ1) is 19.9. The molecule has 0 atom stereocenters. The van der Waals surface area contributed by atoms with Gasteiger partial charge in [0.1, 0.15) is 0 Å². The molecular weight excluding hydrogens is 481 g/mol. The molecule has 2 aliphatic rings. The molecule has 0 saturated heterocycles. The summed E-state index contributed by atoms with van der Waals surface area (Å²) in [7, 11) is 0. The van der Waals surface area contributed by atoms with Gasteiger partial charge in [0.2, 0.25) is 0 Å². The lowest BCUT2D eigenvalue weighted by Crippen LogP contribution is -1.96. The summed E-state index contributed by atoms with van der Waals surface area (Å²) >= 11 is 8.08. The summed E-state index contributed by atoms with van der Waals surface area (Å²) in [5.41, 5.74) is 0. The molecule has 0 radical (unpaired) electrons. The Morgan fingerprint density at radius 2 is 0.806 bits per heavy atom. The van der Waals surface area contributed by atoms with Gasteiger partial charge in [-0.2, -0.15) is 0 Å². The molecule has 0 aromatic heterocycles. The maximum Gasteiger partial charge on any atom is 0.293 e. The van der Waals surface area contributed by atoms with Crippen molar-refractivity contribution in [2.24, 2.45) is 0 Å². The molecule has 4 aromatic carbocycles. The van der Waals surface area contributed by atoms with Crippen LogP contribution in [0.5, 0.6) is 11.5 Å². The molecule has 0 unspecified atom stereocenters. The molecule has 31 heavy (non-hydrogen) atoms. The predicted octanol–water partition coefficient (Wildman–Crippen LogP) is 8.94. The van der Waals surface area contributed by atoms with Crippen molar-refractivity contribution in [1.29, 1.82) is 0 Å². The minimum absolute atomic E-state index is 0.826. The summed E-state index contributed by atoms with van der Waals surface area (Å²) in [6, 6.07) is 29.3. The van der Waals surface area contributed by atoms with Gasteiger partial charge in [0, 0.05) is 29.4 Å². The highest BCUT2D eigenvalue weighted by atomic mass is 32.2. The maximum atomic E-state index is 6.03. The fourth-order valence-electron chi connectivity index (χ4n) is 3.27. The highest BCUT2D eigenvalue weighted by Gasteiger charge is 2.22. The van der Waals surface area contributed by atoms with Crippen LogP contribution in [0.1, 0.15) is 0 Å². The van der Waals surface area contributed by atoms with Crippen molar-refractivity contribution in [3.8, 4) is 11.5 Å². The quantitative estimate of drug-likeness (QED) is 0.225. The van der Waals surface area contributed by atoms with Crippen LogP contribution in [0.3, 0.4) is 0 Å². The summed E-state index contributed by atoms with van der Waals surface area (Å²) in [6.45, 7) is 0. The van der Waals surface area contributed by atoms with E-state index in [0.717, 1.165) is 33.6 Å². The highest BCUT2D eigenvalue weighted by molar-refractivity contribution is 8.05. The maximum absolute atomic E-state index is 6.03. The molecule has 2 aliphatic heterocycles. The molecule has 2 nitrogen and oxygen atoms in total. The minimum atomic E-state index is 0.826. The molecule has 0 bridgehead atoms. The number of hydrogen-bond donors (Lipinski definition) is 0. The van der Waals surface area contributed by atoms with Gasteiger partial charge in [-0.15, -0.1) is 0 Å². The van der Waals surface area contributed by atoms with Gasteiger partial charge in [0.05, 0.1) is 9.79 Å². The Balaban J connectivity index is 1.20. The first-order valence-electron chi connectivity index (χ1n) is 9.52. The van der Waals surface area contributed by atoms with Crippen molar-refractivity contribution in [2.75, 3.05) is 0 Å². The van der Waals surface area contributed by atoms with Gasteiger partial charge < -0.3 is 8.37 Å². The van der Waals surface area contributed by atoms with Crippen molar-refractivity contribution < 1.29 is 8.37 Å². The van der Waals surface area contributed by atoms with Gasteiger partial charge in [-0.05, 0) is 48.5 Å². The van der Waals surface area contributed by atoms with Gasteiger partial charge >= 0.3 is 0 Å². The molecule has 0 fully saturated rings. The van der Waals surface area contributed by atoms with Crippen molar-refractivity contribution in [2.45, 2.75) is 39.2 Å². The third kappa shape index (κ3) is 3.94. The van der Waals surface area contributed by atoms with E-state index in [1.165, 1.54) is 29.4 Å². The lowest BCUT2D eigenvalue weighted by Gasteiger charge is -2.21. The molecule has 152 valence electrons. The fourth-order valence-corrected chi connectivity index (χ4v) is 8.45. The average molecular weight is 495 g/mol. The number of hydrogen-bond acceptors (Lipinski definition) is 7. The van der Waals surface area contributed by atoms with Crippen LogP contribution in [0.15, 0.2) is 124 Å². The Kier molecular flexibility index (Phi) is 5.54. The summed E-state index contributed by atoms with van der Waals surface area (Å²) in [4.78, 5) is 9.77. The second-order valence-corrected chi connectivity index (χ2v) is 11.4. The summed E-state index contributed by atoms with van der Waals surface area (Å²) in [5.74, 6) is 1.65. The minimum Gasteiger partial charge on any atom is -0.390 e. The molecule has 0 saturated carbocycles. The smallest absolute Gasteiger partial charge is 0.293 e. The zero-order valence-corrected chi connectivity index (χ0v) is 20.0. The molecule has 4 aromatic rings. The monoisotopic (exact) mass is 494 g/mol. The first-order chi connectivity index (χ1) is 15.3. The van der Waals surface area contributed by atoms with E-state index < -0.39 is 0 Å². The van der Waals surface area contributed by atoms with Crippen LogP contribution in [0.25, 0.3) is 0 Å². The largest absolute Gasteiger partial charge is 0.390 e. The molecular formula is C24H14O2S5.